The summed E-state index contributed by atoms with van der Waals surface area (Å²) >= 11 is 12.5. The summed E-state index contributed by atoms with van der Waals surface area (Å²) in [7, 11) is -13.6. The number of hydrogen-bond acceptors (Lipinski definition) is 6. The number of halogens is 2. The highest BCUT2D eigenvalue weighted by molar-refractivity contribution is 7.99. The van der Waals surface area contributed by atoms with E-state index in [4.69, 9.17) is 32.2 Å². The van der Waals surface area contributed by atoms with Crippen molar-refractivity contribution in [3.63, 3.8) is 0 Å². The maximum Gasteiger partial charge on any atom is 0.381 e. The standard InChI is InChI=1S/C24H25Cl2NO6P2S/c1-3-32-35(29,33-4-2)24(23(25)26)27(36(30,31)22-18-12-7-13-19-22)34(28,20-14-8-5-9-15-20)21-16-10-6-11-17-21/h5-19H,3-4H2,1-2H3. The molecule has 0 N–H and O–H groups in total. The summed E-state index contributed by atoms with van der Waals surface area (Å²) in [5, 5.41) is 0.282. The monoisotopic (exact) mass is 587 g/mol. The first kappa shape index (κ1) is 28.7. The molecule has 0 amide bonds. The van der Waals surface area contributed by atoms with Gasteiger partial charge in [-0.2, -0.15) is 4.08 Å². The van der Waals surface area contributed by atoms with Gasteiger partial charge in [0.2, 0.25) is 7.29 Å². The maximum atomic E-state index is 15.3. The topological polar surface area (TPSA) is 90.0 Å². The molecule has 12 heteroatoms. The van der Waals surface area contributed by atoms with Gasteiger partial charge in [-0.25, -0.2) is 8.42 Å². The molecule has 0 spiro atoms. The lowest BCUT2D eigenvalue weighted by molar-refractivity contribution is 0.223. The van der Waals surface area contributed by atoms with Crippen LogP contribution in [0.4, 0.5) is 0 Å². The second-order valence-corrected chi connectivity index (χ2v) is 14.8. The van der Waals surface area contributed by atoms with Crippen molar-refractivity contribution >= 4 is 58.7 Å². The third-order valence-electron chi connectivity index (χ3n) is 4.94. The summed E-state index contributed by atoms with van der Waals surface area (Å²) in [4.78, 5) is -0.219. The van der Waals surface area contributed by atoms with Gasteiger partial charge in [0.05, 0.1) is 18.1 Å². The van der Waals surface area contributed by atoms with E-state index >= 15 is 4.57 Å². The number of rotatable bonds is 11. The van der Waals surface area contributed by atoms with Crippen molar-refractivity contribution in [2.24, 2.45) is 0 Å². The van der Waals surface area contributed by atoms with Crippen LogP contribution in [-0.2, 0) is 28.2 Å². The summed E-state index contributed by atoms with van der Waals surface area (Å²) in [6.45, 7) is 2.86. The first-order chi connectivity index (χ1) is 17.1. The first-order valence-electron chi connectivity index (χ1n) is 10.9. The van der Waals surface area contributed by atoms with Crippen molar-refractivity contribution in [1.29, 1.82) is 0 Å². The van der Waals surface area contributed by atoms with E-state index in [2.05, 4.69) is 0 Å². The zero-order chi connectivity index (χ0) is 26.4. The third-order valence-corrected chi connectivity index (χ3v) is 13.5. The van der Waals surface area contributed by atoms with Crippen LogP contribution in [0, 0.1) is 0 Å². The third kappa shape index (κ3) is 5.66. The molecular weight excluding hydrogens is 563 g/mol. The molecule has 0 atom stereocenters. The SMILES string of the molecule is CCOP(=O)(OCC)C(=C(Cl)Cl)N(P(=O)(c1ccccc1)c1ccccc1)S(=O)(=O)c1ccccc1. The Labute approximate surface area is 221 Å². The fraction of sp³-hybridized carbons (Fsp3) is 0.167. The Bertz CT molecular complexity index is 1350. The summed E-state index contributed by atoms with van der Waals surface area (Å²) in [6.07, 6.45) is 0. The van der Waals surface area contributed by atoms with Gasteiger partial charge in [-0.3, -0.25) is 9.13 Å². The minimum atomic E-state index is -4.71. The normalized spacial score (nSPS) is 12.2. The molecule has 0 saturated heterocycles. The molecule has 0 radical (unpaired) electrons. The predicted molar refractivity (Wildman–Crippen MR) is 145 cm³/mol. The molecule has 0 aliphatic heterocycles. The van der Waals surface area contributed by atoms with E-state index < -0.39 is 34.8 Å². The molecule has 0 bridgehead atoms. The van der Waals surface area contributed by atoms with Gasteiger partial charge in [-0.05, 0) is 50.2 Å². The number of sulfonamides is 1. The van der Waals surface area contributed by atoms with Crippen molar-refractivity contribution in [1.82, 2.24) is 4.08 Å². The number of hydrogen-bond donors (Lipinski definition) is 0. The van der Waals surface area contributed by atoms with Gasteiger partial charge in [-0.15, -0.1) is 0 Å². The van der Waals surface area contributed by atoms with E-state index in [1.165, 1.54) is 48.5 Å². The van der Waals surface area contributed by atoms with Crippen LogP contribution in [0.15, 0.2) is 106 Å². The van der Waals surface area contributed by atoms with Crippen molar-refractivity contribution in [3.05, 3.63) is 101 Å². The molecule has 0 saturated carbocycles. The molecule has 192 valence electrons. The molecule has 3 aromatic rings. The zero-order valence-corrected chi connectivity index (χ0v) is 23.6. The molecule has 0 heterocycles. The highest BCUT2D eigenvalue weighted by atomic mass is 35.5. The fourth-order valence-corrected chi connectivity index (χ4v) is 12.6. The Balaban J connectivity index is 2.53. The fourth-order valence-electron chi connectivity index (χ4n) is 3.49. The molecule has 3 aromatic carbocycles. The van der Waals surface area contributed by atoms with Crippen LogP contribution in [0.3, 0.4) is 0 Å². The van der Waals surface area contributed by atoms with Crippen LogP contribution in [0.2, 0.25) is 0 Å². The average molecular weight is 588 g/mol. The van der Waals surface area contributed by atoms with E-state index in [0.29, 0.717) is 4.08 Å². The molecule has 0 fully saturated rings. The first-order valence-corrected chi connectivity index (χ1v) is 16.3. The van der Waals surface area contributed by atoms with Crippen LogP contribution in [-0.4, -0.2) is 25.7 Å². The van der Waals surface area contributed by atoms with E-state index in [0.717, 1.165) is 0 Å². The Hall–Kier alpha value is -1.89. The summed E-state index contributed by atoms with van der Waals surface area (Å²) in [5.41, 5.74) is -0.727. The van der Waals surface area contributed by atoms with Gasteiger partial charge < -0.3 is 9.05 Å². The van der Waals surface area contributed by atoms with Crippen molar-refractivity contribution in [3.8, 4) is 0 Å². The Morgan fingerprint density at radius 3 is 1.50 bits per heavy atom. The molecule has 7 nitrogen and oxygen atoms in total. The smallest absolute Gasteiger partial charge is 0.304 e. The lowest BCUT2D eigenvalue weighted by atomic mass is 10.4. The van der Waals surface area contributed by atoms with E-state index in [9.17, 15) is 13.0 Å². The van der Waals surface area contributed by atoms with Crippen molar-refractivity contribution in [2.75, 3.05) is 13.2 Å². The molecule has 36 heavy (non-hydrogen) atoms. The van der Waals surface area contributed by atoms with Crippen LogP contribution in [0.1, 0.15) is 13.8 Å². The Kier molecular flexibility index (Phi) is 9.64. The Morgan fingerprint density at radius 1 is 0.750 bits per heavy atom. The summed E-state index contributed by atoms with van der Waals surface area (Å²) in [5.74, 6) is 0. The minimum Gasteiger partial charge on any atom is -0.304 e. The molecule has 0 aromatic heterocycles. The average Bonchev–Trinajstić information content (AvgIpc) is 2.88. The quantitative estimate of drug-likeness (QED) is 0.239. The largest absolute Gasteiger partial charge is 0.381 e. The summed E-state index contributed by atoms with van der Waals surface area (Å²) < 4.78 is 68.7. The summed E-state index contributed by atoms with van der Waals surface area (Å²) in [6, 6.07) is 23.3. The van der Waals surface area contributed by atoms with Gasteiger partial charge in [0, 0.05) is 10.6 Å². The van der Waals surface area contributed by atoms with Crippen molar-refractivity contribution < 1.29 is 26.6 Å². The van der Waals surface area contributed by atoms with E-state index in [-0.39, 0.29) is 28.7 Å². The van der Waals surface area contributed by atoms with Gasteiger partial charge >= 0.3 is 7.60 Å². The van der Waals surface area contributed by atoms with E-state index in [1.807, 2.05) is 0 Å². The number of benzene rings is 3. The highest BCUT2D eigenvalue weighted by Crippen LogP contribution is 2.67. The minimum absolute atomic E-state index is 0.123. The van der Waals surface area contributed by atoms with Crippen LogP contribution < -0.4 is 10.6 Å². The van der Waals surface area contributed by atoms with Crippen LogP contribution in [0.5, 0.6) is 0 Å². The second kappa shape index (κ2) is 12.1. The molecule has 0 aliphatic carbocycles. The predicted octanol–water partition coefficient (Wildman–Crippen LogP) is 6.48. The van der Waals surface area contributed by atoms with Crippen LogP contribution in [0.25, 0.3) is 0 Å². The lowest BCUT2D eigenvalue weighted by Gasteiger charge is -2.36. The lowest BCUT2D eigenvalue weighted by Crippen LogP contribution is -2.37. The van der Waals surface area contributed by atoms with Gasteiger partial charge in [0.1, 0.15) is 4.49 Å². The van der Waals surface area contributed by atoms with E-state index in [1.54, 1.807) is 56.3 Å². The van der Waals surface area contributed by atoms with Gasteiger partial charge in [-0.1, -0.05) is 77.8 Å². The molecule has 3 rings (SSSR count). The maximum absolute atomic E-state index is 15.3. The molecule has 0 unspecified atom stereocenters. The van der Waals surface area contributed by atoms with Crippen LogP contribution >= 0.6 is 38.1 Å². The molecule has 0 aliphatic rings. The highest BCUT2D eigenvalue weighted by Gasteiger charge is 2.51. The second-order valence-electron chi connectivity index (χ2n) is 7.23. The van der Waals surface area contributed by atoms with Gasteiger partial charge in [0.25, 0.3) is 10.0 Å². The van der Waals surface area contributed by atoms with Crippen molar-refractivity contribution in [2.45, 2.75) is 18.7 Å². The molecular formula is C24H25Cl2NO6P2S. The zero-order valence-electron chi connectivity index (χ0n) is 19.5. The Morgan fingerprint density at radius 2 is 1.14 bits per heavy atom. The van der Waals surface area contributed by atoms with Gasteiger partial charge in [0.15, 0.2) is 5.44 Å². The number of nitrogens with zero attached hydrogens (tertiary/aromatic N) is 1.